The molecule has 0 spiro atoms. The van der Waals surface area contributed by atoms with Crippen molar-refractivity contribution in [3.63, 3.8) is 0 Å². The fraction of sp³-hybridized carbons (Fsp3) is 1.00. The molecule has 122 valence electrons. The Kier molecular flexibility index (Phi) is 4.46. The highest BCUT2D eigenvalue weighted by molar-refractivity contribution is 5.16. The lowest BCUT2D eigenvalue weighted by molar-refractivity contribution is 0.0239. The topological polar surface area (TPSA) is 0 Å². The summed E-state index contributed by atoms with van der Waals surface area (Å²) in [7, 11) is 0. The monoisotopic (exact) mass is 290 g/mol. The lowest BCUT2D eigenvalue weighted by Gasteiger charge is -2.45. The lowest BCUT2D eigenvalue weighted by atomic mass is 9.60. The molecule has 0 aliphatic heterocycles. The first-order valence-corrected chi connectivity index (χ1v) is 10.3. The van der Waals surface area contributed by atoms with Crippen LogP contribution in [-0.2, 0) is 0 Å². The predicted octanol–water partition coefficient (Wildman–Crippen LogP) is 6.26. The Morgan fingerprint density at radius 2 is 0.905 bits per heavy atom. The SMILES string of the molecule is CC.CC.CC1C(C)C2CC1C1C3CC(C4CCCC43)C21. The van der Waals surface area contributed by atoms with Crippen molar-refractivity contribution in [1.29, 1.82) is 0 Å². The Morgan fingerprint density at radius 3 is 1.33 bits per heavy atom. The fourth-order valence-electron chi connectivity index (χ4n) is 7.95. The summed E-state index contributed by atoms with van der Waals surface area (Å²) in [6.07, 6.45) is 8.08. The first-order chi connectivity index (χ1) is 10.3. The van der Waals surface area contributed by atoms with Gasteiger partial charge in [0.15, 0.2) is 0 Å². The molecular weight excluding hydrogens is 252 g/mol. The molecule has 0 radical (unpaired) electrons. The summed E-state index contributed by atoms with van der Waals surface area (Å²) in [6.45, 7) is 13.1. The molecule has 0 amide bonds. The zero-order valence-corrected chi connectivity index (χ0v) is 15.3. The van der Waals surface area contributed by atoms with Crippen LogP contribution in [0.3, 0.4) is 0 Å². The van der Waals surface area contributed by atoms with Gasteiger partial charge in [-0.1, -0.05) is 48.0 Å². The molecule has 0 aromatic carbocycles. The van der Waals surface area contributed by atoms with E-state index in [-0.39, 0.29) is 0 Å². The normalized spacial score (nSPS) is 58.0. The zero-order valence-electron chi connectivity index (χ0n) is 15.3. The van der Waals surface area contributed by atoms with Gasteiger partial charge in [0.1, 0.15) is 0 Å². The van der Waals surface area contributed by atoms with Gasteiger partial charge in [-0.15, -0.1) is 0 Å². The van der Waals surface area contributed by atoms with Gasteiger partial charge in [0.05, 0.1) is 0 Å². The Hall–Kier alpha value is 0. The maximum atomic E-state index is 2.57. The molecule has 0 heterocycles. The van der Waals surface area contributed by atoms with Crippen molar-refractivity contribution in [3.05, 3.63) is 0 Å². The van der Waals surface area contributed by atoms with Gasteiger partial charge in [-0.25, -0.2) is 0 Å². The quantitative estimate of drug-likeness (QED) is 0.462. The highest BCUT2D eigenvalue weighted by Gasteiger charge is 2.68. The van der Waals surface area contributed by atoms with Crippen LogP contribution in [-0.4, -0.2) is 0 Å². The van der Waals surface area contributed by atoms with E-state index in [1.54, 1.807) is 32.1 Å². The van der Waals surface area contributed by atoms with Crippen LogP contribution in [0.2, 0.25) is 0 Å². The van der Waals surface area contributed by atoms with Crippen LogP contribution < -0.4 is 0 Å². The third-order valence-corrected chi connectivity index (χ3v) is 8.42. The number of hydrogen-bond donors (Lipinski definition) is 0. The Labute approximate surface area is 133 Å². The number of rotatable bonds is 0. The molecule has 21 heavy (non-hydrogen) atoms. The Morgan fingerprint density at radius 1 is 0.524 bits per heavy atom. The Bertz CT molecular complexity index is 327. The molecule has 10 atom stereocenters. The molecule has 0 nitrogen and oxygen atoms in total. The van der Waals surface area contributed by atoms with Crippen LogP contribution in [0.1, 0.15) is 73.6 Å². The van der Waals surface area contributed by atoms with E-state index in [0.717, 1.165) is 23.7 Å². The highest BCUT2D eigenvalue weighted by Crippen LogP contribution is 2.74. The third-order valence-electron chi connectivity index (χ3n) is 8.42. The molecule has 0 aromatic heterocycles. The van der Waals surface area contributed by atoms with Crippen LogP contribution in [0.4, 0.5) is 0 Å². The standard InChI is InChI=1S/C17H26.2C2H6/c1-8-9(2)13-6-12(8)16-14-7-15(17(13)16)11-5-3-4-10(11)14;2*1-2/h8-17H,3-7H2,1-2H3;2*1-2H3. The largest absolute Gasteiger partial charge is 0.0683 e. The van der Waals surface area contributed by atoms with Crippen LogP contribution in [0.15, 0.2) is 0 Å². The van der Waals surface area contributed by atoms with Gasteiger partial charge in [0, 0.05) is 0 Å². The second-order valence-corrected chi connectivity index (χ2v) is 8.26. The van der Waals surface area contributed by atoms with Crippen molar-refractivity contribution in [3.8, 4) is 0 Å². The van der Waals surface area contributed by atoms with Gasteiger partial charge in [0.25, 0.3) is 0 Å². The molecule has 5 aliphatic carbocycles. The Balaban J connectivity index is 0.000000308. The average Bonchev–Trinajstić information content (AvgIpc) is 3.27. The van der Waals surface area contributed by atoms with Crippen LogP contribution in [0, 0.1) is 59.2 Å². The summed E-state index contributed by atoms with van der Waals surface area (Å²) in [6, 6.07) is 0. The first kappa shape index (κ1) is 15.9. The minimum absolute atomic E-state index is 1.06. The first-order valence-electron chi connectivity index (χ1n) is 10.3. The average molecular weight is 291 g/mol. The summed E-state index contributed by atoms with van der Waals surface area (Å²) in [5.41, 5.74) is 0. The minimum atomic E-state index is 1.06. The molecule has 0 saturated heterocycles. The second kappa shape index (κ2) is 5.89. The summed E-state index contributed by atoms with van der Waals surface area (Å²) in [4.78, 5) is 0. The van der Waals surface area contributed by atoms with Crippen molar-refractivity contribution in [2.45, 2.75) is 73.6 Å². The van der Waals surface area contributed by atoms with E-state index >= 15 is 0 Å². The second-order valence-electron chi connectivity index (χ2n) is 8.26. The van der Waals surface area contributed by atoms with E-state index in [1.165, 1.54) is 35.5 Å². The van der Waals surface area contributed by atoms with E-state index in [1.807, 2.05) is 27.7 Å². The van der Waals surface area contributed by atoms with E-state index in [4.69, 9.17) is 0 Å². The van der Waals surface area contributed by atoms with Gasteiger partial charge in [-0.3, -0.25) is 0 Å². The van der Waals surface area contributed by atoms with Gasteiger partial charge >= 0.3 is 0 Å². The zero-order chi connectivity index (χ0) is 15.3. The maximum Gasteiger partial charge on any atom is -0.0318 e. The summed E-state index contributed by atoms with van der Waals surface area (Å²) in [5.74, 6) is 11.6. The summed E-state index contributed by atoms with van der Waals surface area (Å²) in [5, 5.41) is 0. The molecular formula is C21H38. The minimum Gasteiger partial charge on any atom is -0.0683 e. The predicted molar refractivity (Wildman–Crippen MR) is 92.0 cm³/mol. The van der Waals surface area contributed by atoms with Gasteiger partial charge < -0.3 is 0 Å². The molecule has 5 rings (SSSR count). The summed E-state index contributed by atoms with van der Waals surface area (Å²) >= 11 is 0. The van der Waals surface area contributed by atoms with E-state index in [9.17, 15) is 0 Å². The highest BCUT2D eigenvalue weighted by atomic mass is 14.7. The molecule has 0 aromatic rings. The van der Waals surface area contributed by atoms with Crippen LogP contribution in [0.5, 0.6) is 0 Å². The van der Waals surface area contributed by atoms with Crippen molar-refractivity contribution in [2.24, 2.45) is 59.2 Å². The smallest absolute Gasteiger partial charge is 0.0318 e. The molecule has 5 fully saturated rings. The molecule has 4 bridgehead atoms. The molecule has 5 saturated carbocycles. The fourth-order valence-corrected chi connectivity index (χ4v) is 7.95. The maximum absolute atomic E-state index is 2.57. The number of fused-ring (bicyclic) bond motifs is 12. The van der Waals surface area contributed by atoms with Crippen molar-refractivity contribution in [1.82, 2.24) is 0 Å². The molecule has 0 heteroatoms. The summed E-state index contributed by atoms with van der Waals surface area (Å²) < 4.78 is 0. The van der Waals surface area contributed by atoms with Gasteiger partial charge in [-0.2, -0.15) is 0 Å². The molecule has 10 unspecified atom stereocenters. The lowest BCUT2D eigenvalue weighted by Crippen LogP contribution is -2.41. The van der Waals surface area contributed by atoms with Gasteiger partial charge in [-0.05, 0) is 84.9 Å². The van der Waals surface area contributed by atoms with E-state index < -0.39 is 0 Å². The number of hydrogen-bond acceptors (Lipinski definition) is 0. The van der Waals surface area contributed by atoms with Crippen LogP contribution in [0.25, 0.3) is 0 Å². The molecule has 5 aliphatic rings. The third kappa shape index (κ3) is 1.93. The van der Waals surface area contributed by atoms with E-state index in [0.29, 0.717) is 0 Å². The van der Waals surface area contributed by atoms with Crippen molar-refractivity contribution >= 4 is 0 Å². The van der Waals surface area contributed by atoms with Gasteiger partial charge in [0.2, 0.25) is 0 Å². The van der Waals surface area contributed by atoms with Crippen LogP contribution >= 0.6 is 0 Å². The van der Waals surface area contributed by atoms with Crippen molar-refractivity contribution < 1.29 is 0 Å². The molecule has 0 N–H and O–H groups in total. The van der Waals surface area contributed by atoms with E-state index in [2.05, 4.69) is 13.8 Å². The van der Waals surface area contributed by atoms with Crippen molar-refractivity contribution in [2.75, 3.05) is 0 Å².